The van der Waals surface area contributed by atoms with E-state index < -0.39 is 0 Å². The molecule has 5 heteroatoms. The van der Waals surface area contributed by atoms with Crippen molar-refractivity contribution in [2.45, 2.75) is 46.1 Å². The van der Waals surface area contributed by atoms with Gasteiger partial charge in [-0.2, -0.15) is 5.10 Å². The van der Waals surface area contributed by atoms with Crippen molar-refractivity contribution in [3.63, 3.8) is 0 Å². The third kappa shape index (κ3) is 3.55. The van der Waals surface area contributed by atoms with Gasteiger partial charge in [0.2, 0.25) is 5.91 Å². The Kier molecular flexibility index (Phi) is 5.11. The second-order valence-electron chi connectivity index (χ2n) is 6.70. The number of aromatic nitrogens is 2. The minimum atomic E-state index is 0.167. The number of hydrogen-bond acceptors (Lipinski definition) is 3. The van der Waals surface area contributed by atoms with Crippen molar-refractivity contribution in [1.29, 1.82) is 0 Å². The average molecular weight is 341 g/mol. The highest BCUT2D eigenvalue weighted by Gasteiger charge is 2.30. The van der Waals surface area contributed by atoms with Crippen molar-refractivity contribution in [2.24, 2.45) is 7.05 Å². The Labute approximate surface area is 149 Å². The molecule has 1 aromatic carbocycles. The third-order valence-corrected chi connectivity index (χ3v) is 5.14. The first-order valence-corrected chi connectivity index (χ1v) is 9.02. The quantitative estimate of drug-likeness (QED) is 0.838. The highest BCUT2D eigenvalue weighted by Crippen LogP contribution is 2.33. The highest BCUT2D eigenvalue weighted by atomic mass is 16.5. The first-order valence-electron chi connectivity index (χ1n) is 9.02. The van der Waals surface area contributed by atoms with Crippen molar-refractivity contribution in [1.82, 2.24) is 14.7 Å². The monoisotopic (exact) mass is 341 g/mol. The van der Waals surface area contributed by atoms with Crippen LogP contribution in [0.2, 0.25) is 0 Å². The zero-order chi connectivity index (χ0) is 18.0. The first kappa shape index (κ1) is 17.5. The molecule has 1 aliphatic rings. The molecule has 1 fully saturated rings. The summed E-state index contributed by atoms with van der Waals surface area (Å²) in [6.07, 6.45) is 2.50. The summed E-state index contributed by atoms with van der Waals surface area (Å²) in [5.74, 6) is 1.07. The van der Waals surface area contributed by atoms with Gasteiger partial charge in [-0.1, -0.05) is 12.1 Å². The number of ether oxygens (including phenoxy) is 1. The summed E-state index contributed by atoms with van der Waals surface area (Å²) in [5.41, 5.74) is 4.27. The van der Waals surface area contributed by atoms with Gasteiger partial charge in [-0.25, -0.2) is 0 Å². The topological polar surface area (TPSA) is 47.4 Å². The van der Waals surface area contributed by atoms with E-state index in [1.54, 1.807) is 0 Å². The number of likely N-dealkylation sites (tertiary alicyclic amines) is 1. The lowest BCUT2D eigenvalue weighted by molar-refractivity contribution is -0.131. The smallest absolute Gasteiger partial charge is 0.227 e. The molecule has 1 aromatic heterocycles. The SMILES string of the molecule is CCOc1ccc(C2CCCN2C(=O)Cc2c(C)nn(C)c2C)cc1. The molecule has 0 saturated carbocycles. The fourth-order valence-corrected chi connectivity index (χ4v) is 3.69. The van der Waals surface area contributed by atoms with Gasteiger partial charge in [0.25, 0.3) is 0 Å². The van der Waals surface area contributed by atoms with Crippen LogP contribution in [-0.4, -0.2) is 33.7 Å². The van der Waals surface area contributed by atoms with Crippen LogP contribution in [0, 0.1) is 13.8 Å². The number of nitrogens with zero attached hydrogens (tertiary/aromatic N) is 3. The van der Waals surface area contributed by atoms with Crippen LogP contribution < -0.4 is 4.74 Å². The Balaban J connectivity index is 1.75. The van der Waals surface area contributed by atoms with E-state index in [-0.39, 0.29) is 11.9 Å². The van der Waals surface area contributed by atoms with Crippen LogP contribution in [0.1, 0.15) is 48.3 Å². The largest absolute Gasteiger partial charge is 0.494 e. The Morgan fingerprint density at radius 3 is 2.60 bits per heavy atom. The van der Waals surface area contributed by atoms with Crippen LogP contribution in [-0.2, 0) is 18.3 Å². The van der Waals surface area contributed by atoms with Crippen LogP contribution in [0.4, 0.5) is 0 Å². The second kappa shape index (κ2) is 7.30. The van der Waals surface area contributed by atoms with E-state index in [1.165, 1.54) is 5.56 Å². The molecule has 134 valence electrons. The summed E-state index contributed by atoms with van der Waals surface area (Å²) in [4.78, 5) is 15.0. The molecule has 2 aromatic rings. The molecular formula is C20H27N3O2. The van der Waals surface area contributed by atoms with Crippen LogP contribution in [0.5, 0.6) is 5.75 Å². The third-order valence-electron chi connectivity index (χ3n) is 5.14. The summed E-state index contributed by atoms with van der Waals surface area (Å²) < 4.78 is 7.37. The lowest BCUT2D eigenvalue weighted by Crippen LogP contribution is -2.32. The van der Waals surface area contributed by atoms with E-state index in [0.29, 0.717) is 13.0 Å². The molecule has 1 saturated heterocycles. The van der Waals surface area contributed by atoms with Crippen molar-refractivity contribution in [3.05, 3.63) is 46.8 Å². The maximum atomic E-state index is 12.9. The van der Waals surface area contributed by atoms with Crippen molar-refractivity contribution in [3.8, 4) is 5.75 Å². The van der Waals surface area contributed by atoms with Gasteiger partial charge in [0, 0.05) is 24.8 Å². The fourth-order valence-electron chi connectivity index (χ4n) is 3.69. The number of amides is 1. The van der Waals surface area contributed by atoms with Crippen LogP contribution in [0.25, 0.3) is 0 Å². The molecule has 0 radical (unpaired) electrons. The number of carbonyl (C=O) groups is 1. The van der Waals surface area contributed by atoms with Gasteiger partial charge < -0.3 is 9.64 Å². The summed E-state index contributed by atoms with van der Waals surface area (Å²) in [6, 6.07) is 8.33. The van der Waals surface area contributed by atoms with Crippen molar-refractivity contribution >= 4 is 5.91 Å². The van der Waals surface area contributed by atoms with Crippen LogP contribution >= 0.6 is 0 Å². The number of aryl methyl sites for hydroxylation is 2. The van der Waals surface area contributed by atoms with Crippen LogP contribution in [0.3, 0.4) is 0 Å². The number of carbonyl (C=O) groups excluding carboxylic acids is 1. The predicted molar refractivity (Wildman–Crippen MR) is 97.7 cm³/mol. The number of rotatable bonds is 5. The normalized spacial score (nSPS) is 17.1. The molecule has 0 bridgehead atoms. The van der Waals surface area contributed by atoms with Gasteiger partial charge in [0.15, 0.2) is 0 Å². The molecule has 0 aliphatic carbocycles. The molecule has 2 heterocycles. The summed E-state index contributed by atoms with van der Waals surface area (Å²) in [7, 11) is 1.93. The van der Waals surface area contributed by atoms with E-state index in [0.717, 1.165) is 42.1 Å². The lowest BCUT2D eigenvalue weighted by Gasteiger charge is -2.25. The van der Waals surface area contributed by atoms with Gasteiger partial charge in [-0.05, 0) is 51.3 Å². The Hall–Kier alpha value is -2.30. The van der Waals surface area contributed by atoms with E-state index in [2.05, 4.69) is 17.2 Å². The van der Waals surface area contributed by atoms with Gasteiger partial charge in [-0.3, -0.25) is 9.48 Å². The summed E-state index contributed by atoms with van der Waals surface area (Å²) >= 11 is 0. The van der Waals surface area contributed by atoms with E-state index in [9.17, 15) is 4.79 Å². The molecule has 0 N–H and O–H groups in total. The molecule has 3 rings (SSSR count). The molecule has 5 nitrogen and oxygen atoms in total. The van der Waals surface area contributed by atoms with Gasteiger partial charge in [-0.15, -0.1) is 0 Å². The summed E-state index contributed by atoms with van der Waals surface area (Å²) in [6.45, 7) is 7.47. The van der Waals surface area contributed by atoms with Gasteiger partial charge in [0.05, 0.1) is 24.8 Å². The Morgan fingerprint density at radius 2 is 2.00 bits per heavy atom. The molecule has 1 atom stereocenters. The van der Waals surface area contributed by atoms with Crippen molar-refractivity contribution < 1.29 is 9.53 Å². The van der Waals surface area contributed by atoms with Crippen LogP contribution in [0.15, 0.2) is 24.3 Å². The average Bonchev–Trinajstić information content (AvgIpc) is 3.17. The molecule has 25 heavy (non-hydrogen) atoms. The number of hydrogen-bond donors (Lipinski definition) is 0. The summed E-state index contributed by atoms with van der Waals surface area (Å²) in [5, 5.41) is 4.43. The van der Waals surface area contributed by atoms with Gasteiger partial charge in [0.1, 0.15) is 5.75 Å². The second-order valence-corrected chi connectivity index (χ2v) is 6.70. The predicted octanol–water partition coefficient (Wildman–Crippen LogP) is 3.34. The Bertz CT molecular complexity index is 749. The molecule has 1 aliphatic heterocycles. The minimum absolute atomic E-state index is 0.167. The van der Waals surface area contributed by atoms with Crippen molar-refractivity contribution in [2.75, 3.05) is 13.2 Å². The molecular weight excluding hydrogens is 314 g/mol. The Morgan fingerprint density at radius 1 is 1.28 bits per heavy atom. The first-order chi connectivity index (χ1) is 12.0. The van der Waals surface area contributed by atoms with E-state index in [4.69, 9.17) is 4.74 Å². The fraction of sp³-hybridized carbons (Fsp3) is 0.500. The minimum Gasteiger partial charge on any atom is -0.494 e. The lowest BCUT2D eigenvalue weighted by atomic mass is 10.0. The van der Waals surface area contributed by atoms with E-state index in [1.807, 2.05) is 49.5 Å². The zero-order valence-electron chi connectivity index (χ0n) is 15.6. The maximum Gasteiger partial charge on any atom is 0.227 e. The van der Waals surface area contributed by atoms with Gasteiger partial charge >= 0.3 is 0 Å². The maximum absolute atomic E-state index is 12.9. The molecule has 1 unspecified atom stereocenters. The molecule has 1 amide bonds. The standard InChI is InChI=1S/C20H27N3O2/c1-5-25-17-10-8-16(9-11-17)19-7-6-12-23(19)20(24)13-18-14(2)21-22(4)15(18)3/h8-11,19H,5-7,12-13H2,1-4H3. The molecule has 0 spiro atoms. The van der Waals surface area contributed by atoms with E-state index >= 15 is 0 Å². The zero-order valence-corrected chi connectivity index (χ0v) is 15.6. The number of benzene rings is 1. The highest BCUT2D eigenvalue weighted by molar-refractivity contribution is 5.80.